The monoisotopic (exact) mass is 258 g/mol. The molecule has 0 aromatic carbocycles. The van der Waals surface area contributed by atoms with Crippen molar-refractivity contribution in [3.05, 3.63) is 0 Å². The zero-order valence-corrected chi connectivity index (χ0v) is 9.52. The number of hydrogen-bond acceptors (Lipinski definition) is 0. The second kappa shape index (κ2) is 4.03. The van der Waals surface area contributed by atoms with E-state index < -0.39 is 0 Å². The fourth-order valence-corrected chi connectivity index (χ4v) is 9.10. The first-order chi connectivity index (χ1) is 4.30. The summed E-state index contributed by atoms with van der Waals surface area (Å²) in [5, 5.41) is 3.17. The molecule has 0 N–H and O–H groups in total. The standard InChI is InChI=1S/C7H14Se2/c1-6(2)7-3-4-8-9-5-7/h6-7H,3-5H2,1-2H3/t7-/m0/s1. The number of rotatable bonds is 1. The summed E-state index contributed by atoms with van der Waals surface area (Å²) in [6.45, 7) is 4.75. The molecule has 1 saturated heterocycles. The van der Waals surface area contributed by atoms with Crippen molar-refractivity contribution in [2.45, 2.75) is 30.9 Å². The van der Waals surface area contributed by atoms with Crippen LogP contribution in [0, 0.1) is 11.8 Å². The Morgan fingerprint density at radius 2 is 2.11 bits per heavy atom. The molecule has 0 aromatic heterocycles. The molecule has 2 heteroatoms. The van der Waals surface area contributed by atoms with Crippen LogP contribution in [0.5, 0.6) is 0 Å². The van der Waals surface area contributed by atoms with E-state index in [-0.39, 0.29) is 0 Å². The molecule has 0 amide bonds. The predicted molar refractivity (Wildman–Crippen MR) is 44.1 cm³/mol. The molecule has 1 atom stereocenters. The van der Waals surface area contributed by atoms with Crippen molar-refractivity contribution in [1.82, 2.24) is 0 Å². The van der Waals surface area contributed by atoms with Gasteiger partial charge in [-0.15, -0.1) is 0 Å². The third kappa shape index (κ3) is 2.63. The summed E-state index contributed by atoms with van der Waals surface area (Å²) in [6, 6.07) is 0. The zero-order valence-electron chi connectivity index (χ0n) is 6.09. The van der Waals surface area contributed by atoms with Gasteiger partial charge in [-0.3, -0.25) is 0 Å². The molecular weight excluding hydrogens is 242 g/mol. The Morgan fingerprint density at radius 3 is 2.44 bits per heavy atom. The molecule has 1 fully saturated rings. The van der Waals surface area contributed by atoms with E-state index in [1.807, 2.05) is 0 Å². The predicted octanol–water partition coefficient (Wildman–Crippen LogP) is 1.82. The van der Waals surface area contributed by atoms with Crippen molar-refractivity contribution in [3.63, 3.8) is 0 Å². The van der Waals surface area contributed by atoms with E-state index in [2.05, 4.69) is 13.8 Å². The van der Waals surface area contributed by atoms with Gasteiger partial charge < -0.3 is 0 Å². The van der Waals surface area contributed by atoms with Gasteiger partial charge in [0.05, 0.1) is 0 Å². The average Bonchev–Trinajstić information content (AvgIpc) is 1.90. The van der Waals surface area contributed by atoms with Crippen molar-refractivity contribution in [2.75, 3.05) is 0 Å². The second-order valence-electron chi connectivity index (χ2n) is 2.90. The van der Waals surface area contributed by atoms with Gasteiger partial charge in [-0.05, 0) is 0 Å². The SMILES string of the molecule is CC(C)[C@H]1CC[Se][Se]C1. The van der Waals surface area contributed by atoms with Gasteiger partial charge in [0.2, 0.25) is 0 Å². The minimum absolute atomic E-state index is 0.961. The van der Waals surface area contributed by atoms with Crippen LogP contribution in [0.4, 0.5) is 0 Å². The van der Waals surface area contributed by atoms with Gasteiger partial charge >= 0.3 is 69.0 Å². The fraction of sp³-hybridized carbons (Fsp3) is 1.00. The van der Waals surface area contributed by atoms with Crippen LogP contribution >= 0.6 is 0 Å². The molecule has 0 saturated carbocycles. The molecular formula is C7H14Se2. The topological polar surface area (TPSA) is 0 Å². The van der Waals surface area contributed by atoms with Crippen molar-refractivity contribution in [2.24, 2.45) is 11.8 Å². The maximum absolute atomic E-state index is 2.37. The minimum atomic E-state index is 0.961. The van der Waals surface area contributed by atoms with Crippen molar-refractivity contribution in [1.29, 1.82) is 0 Å². The summed E-state index contributed by atoms with van der Waals surface area (Å²) in [5.41, 5.74) is 0. The Kier molecular flexibility index (Phi) is 3.64. The molecule has 0 aliphatic carbocycles. The molecule has 0 radical (unpaired) electrons. The van der Waals surface area contributed by atoms with Crippen molar-refractivity contribution >= 4 is 26.3 Å². The molecule has 1 aliphatic heterocycles. The molecule has 0 spiro atoms. The van der Waals surface area contributed by atoms with E-state index in [0.717, 1.165) is 38.1 Å². The summed E-state index contributed by atoms with van der Waals surface area (Å²) in [7, 11) is 0. The Hall–Kier alpha value is 1.04. The second-order valence-corrected chi connectivity index (χ2v) is 10.6. The molecule has 0 nitrogen and oxygen atoms in total. The fourth-order valence-electron chi connectivity index (χ4n) is 1.00. The Morgan fingerprint density at radius 1 is 1.33 bits per heavy atom. The first kappa shape index (κ1) is 8.14. The van der Waals surface area contributed by atoms with E-state index in [0.29, 0.717) is 0 Å². The summed E-state index contributed by atoms with van der Waals surface area (Å²) < 4.78 is 0. The zero-order chi connectivity index (χ0) is 6.69. The van der Waals surface area contributed by atoms with E-state index in [1.54, 1.807) is 17.1 Å². The van der Waals surface area contributed by atoms with Gasteiger partial charge in [0, 0.05) is 0 Å². The van der Waals surface area contributed by atoms with Crippen LogP contribution in [0.15, 0.2) is 0 Å². The van der Waals surface area contributed by atoms with Crippen LogP contribution in [-0.2, 0) is 0 Å². The van der Waals surface area contributed by atoms with Crippen LogP contribution in [0.1, 0.15) is 20.3 Å². The van der Waals surface area contributed by atoms with Crippen LogP contribution < -0.4 is 0 Å². The quantitative estimate of drug-likeness (QED) is 0.628. The van der Waals surface area contributed by atoms with E-state index in [4.69, 9.17) is 0 Å². The third-order valence-electron chi connectivity index (χ3n) is 1.88. The van der Waals surface area contributed by atoms with Gasteiger partial charge in [0.15, 0.2) is 0 Å². The van der Waals surface area contributed by atoms with Crippen LogP contribution in [-0.4, -0.2) is 26.3 Å². The molecule has 54 valence electrons. The van der Waals surface area contributed by atoms with Gasteiger partial charge in [-0.1, -0.05) is 0 Å². The van der Waals surface area contributed by atoms with Gasteiger partial charge in [-0.25, -0.2) is 0 Å². The molecule has 0 aromatic rings. The van der Waals surface area contributed by atoms with E-state index in [1.165, 1.54) is 0 Å². The van der Waals surface area contributed by atoms with Crippen LogP contribution in [0.3, 0.4) is 0 Å². The number of hydrogen-bond donors (Lipinski definition) is 0. The molecule has 9 heavy (non-hydrogen) atoms. The van der Waals surface area contributed by atoms with Crippen LogP contribution in [0.2, 0.25) is 10.6 Å². The van der Waals surface area contributed by atoms with Crippen LogP contribution in [0.25, 0.3) is 0 Å². The molecule has 1 rings (SSSR count). The first-order valence-electron chi connectivity index (χ1n) is 3.55. The van der Waals surface area contributed by atoms with Gasteiger partial charge in [0.25, 0.3) is 0 Å². The Labute approximate surface area is 69.0 Å². The van der Waals surface area contributed by atoms with Gasteiger partial charge in [-0.2, -0.15) is 0 Å². The van der Waals surface area contributed by atoms with E-state index in [9.17, 15) is 0 Å². The molecule has 1 heterocycles. The third-order valence-corrected chi connectivity index (χ3v) is 9.38. The Bertz CT molecular complexity index is 75.0. The molecule has 1 aliphatic rings. The summed E-state index contributed by atoms with van der Waals surface area (Å²) in [5.74, 6) is 2.06. The van der Waals surface area contributed by atoms with Gasteiger partial charge in [0.1, 0.15) is 0 Å². The normalized spacial score (nSPS) is 29.0. The summed E-state index contributed by atoms with van der Waals surface area (Å²) in [6.07, 6.45) is 1.54. The average molecular weight is 256 g/mol. The summed E-state index contributed by atoms with van der Waals surface area (Å²) in [4.78, 5) is 0. The van der Waals surface area contributed by atoms with E-state index >= 15 is 0 Å². The maximum atomic E-state index is 2.37. The Balaban J connectivity index is 2.23. The molecule has 0 bridgehead atoms. The summed E-state index contributed by atoms with van der Waals surface area (Å²) >= 11 is 2.15. The van der Waals surface area contributed by atoms with Crippen molar-refractivity contribution in [3.8, 4) is 0 Å². The molecule has 0 unspecified atom stereocenters. The van der Waals surface area contributed by atoms with Crippen molar-refractivity contribution < 1.29 is 0 Å². The first-order valence-corrected chi connectivity index (χ1v) is 10.3.